The van der Waals surface area contributed by atoms with Crippen LogP contribution in [0, 0.1) is 0 Å². The molecule has 0 radical (unpaired) electrons. The maximum absolute atomic E-state index is 5.36. The summed E-state index contributed by atoms with van der Waals surface area (Å²) in [5, 5.41) is 0. The Balaban J connectivity index is 2.81. The molecule has 1 nitrogen and oxygen atoms in total. The van der Waals surface area contributed by atoms with Gasteiger partial charge in [-0.25, -0.2) is 12.9 Å². The Morgan fingerprint density at radius 2 is 1.27 bits per heavy atom. The van der Waals surface area contributed by atoms with Gasteiger partial charge in [-0.1, -0.05) is 44.9 Å². The predicted octanol–water partition coefficient (Wildman–Crippen LogP) is 4.49. The zero-order chi connectivity index (χ0) is 11.2. The van der Waals surface area contributed by atoms with Crippen molar-refractivity contribution in [3.63, 3.8) is 0 Å². The van der Waals surface area contributed by atoms with E-state index < -0.39 is 0 Å². The van der Waals surface area contributed by atoms with Gasteiger partial charge in [0.15, 0.2) is 0 Å². The van der Waals surface area contributed by atoms with Crippen LogP contribution in [-0.4, -0.2) is 43.4 Å². The first-order valence-corrected chi connectivity index (χ1v) is 15.5. The molecule has 0 bridgehead atoms. The smallest absolute Gasteiger partial charge is 0.553 e. The first-order chi connectivity index (χ1) is 7.41. The molecule has 0 fully saturated rings. The fourth-order valence-corrected chi connectivity index (χ4v) is 4.32. The number of hydrogen-bond donors (Lipinski definition) is 0. The van der Waals surface area contributed by atoms with Gasteiger partial charge < -0.3 is 16.1 Å². The molecule has 0 aromatic carbocycles. The molecule has 5 heteroatoms. The quantitative estimate of drug-likeness (QED) is 0.366. The van der Waals surface area contributed by atoms with Crippen molar-refractivity contribution >= 4 is 62.6 Å². The van der Waals surface area contributed by atoms with E-state index in [-0.39, 0.29) is 36.8 Å². The third kappa shape index (κ3) is 16.5. The first-order valence-electron chi connectivity index (χ1n) is 6.11. The summed E-state index contributed by atoms with van der Waals surface area (Å²) in [4.78, 5) is 0. The van der Waals surface area contributed by atoms with E-state index in [0.717, 1.165) is 6.61 Å². The van der Waals surface area contributed by atoms with E-state index in [1.54, 1.807) is 0 Å². The molecule has 0 saturated carbocycles. The Labute approximate surface area is 127 Å². The largest absolute Gasteiger partial charge is 0.665 e. The lowest BCUT2D eigenvalue weighted by atomic mass is 10.1. The summed E-state index contributed by atoms with van der Waals surface area (Å²) in [5.74, 6) is 0. The molecule has 0 aliphatic carbocycles. The minimum Gasteiger partial charge on any atom is -0.553 e. The Bertz CT molecular complexity index is 106. The molecule has 0 aromatic rings. The number of hydrogen-bond acceptors (Lipinski definition) is 1. The summed E-state index contributed by atoms with van der Waals surface area (Å²) in [7, 11) is 0. The van der Waals surface area contributed by atoms with Gasteiger partial charge in [0.25, 0.3) is 0 Å². The third-order valence-corrected chi connectivity index (χ3v) is 6.36. The fourth-order valence-electron chi connectivity index (χ4n) is 1.59. The zero-order valence-electron chi connectivity index (χ0n) is 9.65. The topological polar surface area (TPSA) is 9.23 Å². The average molecular weight is 365 g/mol. The summed E-state index contributed by atoms with van der Waals surface area (Å²) in [5.41, 5.74) is 0. The highest BCUT2D eigenvalue weighted by Crippen LogP contribution is 2.10. The molecule has 0 spiro atoms. The SMILES string of the molecule is [Br][Mg][CH2]CCCCCCCCC[O][Mg][Br]. The van der Waals surface area contributed by atoms with E-state index in [4.69, 9.17) is 3.17 Å². The molecule has 0 rings (SSSR count). The Hall–Kier alpha value is 2.45. The van der Waals surface area contributed by atoms with Gasteiger partial charge in [-0.05, 0) is 6.42 Å². The lowest BCUT2D eigenvalue weighted by molar-refractivity contribution is 0.330. The fraction of sp³-hybridized carbons (Fsp3) is 1.00. The normalized spacial score (nSPS) is 9.73. The summed E-state index contributed by atoms with van der Waals surface area (Å²) in [6.45, 7) is 0.980. The van der Waals surface area contributed by atoms with Crippen molar-refractivity contribution < 1.29 is 3.17 Å². The molecule has 0 amide bonds. The van der Waals surface area contributed by atoms with Crippen molar-refractivity contribution in [2.75, 3.05) is 6.61 Å². The standard InChI is InChI=1S/C10H20O.2BrH.2Mg/c1-2-3-4-5-6-7-8-9-10-11;;;;/h1-10H2;2*1H;;/q-1;;;+1;+2/p-2. The first kappa shape index (κ1) is 17.5. The van der Waals surface area contributed by atoms with Gasteiger partial charge in [-0.3, -0.25) is 0 Å². The maximum atomic E-state index is 5.36. The van der Waals surface area contributed by atoms with E-state index in [0.29, 0.717) is 0 Å². The minimum atomic E-state index is -0.330. The summed E-state index contributed by atoms with van der Waals surface area (Å²) in [6.07, 6.45) is 11.3. The average Bonchev–Trinajstić information content (AvgIpc) is 2.26. The van der Waals surface area contributed by atoms with Crippen molar-refractivity contribution in [3.05, 3.63) is 0 Å². The minimum absolute atomic E-state index is 0.156. The molecule has 0 aromatic heterocycles. The molecule has 84 valence electrons. The van der Waals surface area contributed by atoms with Crippen LogP contribution in [0.2, 0.25) is 4.55 Å². The molecule has 0 aliphatic rings. The molecular formula is C10H20Br2Mg2O. The highest BCUT2D eigenvalue weighted by molar-refractivity contribution is 9.23. The summed E-state index contributed by atoms with van der Waals surface area (Å²) in [6, 6.07) is 0. The van der Waals surface area contributed by atoms with Gasteiger partial charge in [0, 0.05) is 6.61 Å². The van der Waals surface area contributed by atoms with Gasteiger partial charge in [0.1, 0.15) is 0 Å². The Morgan fingerprint density at radius 3 is 1.80 bits per heavy atom. The number of rotatable bonds is 12. The number of unbranched alkanes of at least 4 members (excludes halogenated alkanes) is 7. The van der Waals surface area contributed by atoms with Gasteiger partial charge in [-0.15, -0.1) is 4.55 Å². The second-order valence-electron chi connectivity index (χ2n) is 3.89. The van der Waals surface area contributed by atoms with Crippen LogP contribution in [0.25, 0.3) is 0 Å². The van der Waals surface area contributed by atoms with E-state index in [9.17, 15) is 0 Å². The molecule has 0 atom stereocenters. The Morgan fingerprint density at radius 1 is 0.733 bits per heavy atom. The van der Waals surface area contributed by atoms with Crippen LogP contribution in [-0.2, 0) is 3.17 Å². The van der Waals surface area contributed by atoms with Gasteiger partial charge >= 0.3 is 36.8 Å². The molecule has 0 unspecified atom stereocenters. The molecular weight excluding hydrogens is 345 g/mol. The van der Waals surface area contributed by atoms with Crippen LogP contribution in [0.5, 0.6) is 0 Å². The third-order valence-electron chi connectivity index (χ3n) is 2.50. The van der Waals surface area contributed by atoms with E-state index >= 15 is 0 Å². The molecule has 15 heavy (non-hydrogen) atoms. The highest BCUT2D eigenvalue weighted by Gasteiger charge is 1.94. The second kappa shape index (κ2) is 16.5. The van der Waals surface area contributed by atoms with E-state index in [1.807, 2.05) is 0 Å². The predicted molar refractivity (Wildman–Crippen MR) is 77.1 cm³/mol. The van der Waals surface area contributed by atoms with Gasteiger partial charge in [0.2, 0.25) is 0 Å². The molecule has 0 N–H and O–H groups in total. The van der Waals surface area contributed by atoms with Crippen molar-refractivity contribution in [1.29, 1.82) is 0 Å². The van der Waals surface area contributed by atoms with E-state index in [2.05, 4.69) is 25.8 Å². The van der Waals surface area contributed by atoms with Crippen molar-refractivity contribution in [2.45, 2.75) is 55.9 Å². The monoisotopic (exact) mass is 362 g/mol. The van der Waals surface area contributed by atoms with Crippen molar-refractivity contribution in [3.8, 4) is 0 Å². The van der Waals surface area contributed by atoms with Crippen LogP contribution in [0.15, 0.2) is 0 Å². The maximum Gasteiger partial charge on any atom is 0.665 e. The van der Waals surface area contributed by atoms with Gasteiger partial charge in [0.05, 0.1) is 0 Å². The Kier molecular flexibility index (Phi) is 19.1. The van der Waals surface area contributed by atoms with E-state index in [1.165, 1.54) is 55.9 Å². The highest BCUT2D eigenvalue weighted by atomic mass is 79.9. The lowest BCUT2D eigenvalue weighted by Gasteiger charge is -2.02. The van der Waals surface area contributed by atoms with Crippen LogP contribution >= 0.6 is 25.8 Å². The van der Waals surface area contributed by atoms with Crippen LogP contribution in [0.4, 0.5) is 0 Å². The zero-order valence-corrected chi connectivity index (χ0v) is 15.6. The number of halogens is 2. The van der Waals surface area contributed by atoms with Crippen molar-refractivity contribution in [2.24, 2.45) is 0 Å². The van der Waals surface area contributed by atoms with Crippen LogP contribution in [0.1, 0.15) is 51.4 Å². The summed E-state index contributed by atoms with van der Waals surface area (Å²) >= 11 is 6.82. The van der Waals surface area contributed by atoms with Crippen molar-refractivity contribution in [1.82, 2.24) is 0 Å². The molecule has 0 saturated heterocycles. The van der Waals surface area contributed by atoms with Crippen LogP contribution < -0.4 is 0 Å². The second-order valence-corrected chi connectivity index (χ2v) is 9.35. The lowest BCUT2D eigenvalue weighted by Crippen LogP contribution is -1.93. The van der Waals surface area contributed by atoms with Gasteiger partial charge in [-0.2, -0.15) is 0 Å². The molecule has 0 aliphatic heterocycles. The van der Waals surface area contributed by atoms with Crippen LogP contribution in [0.3, 0.4) is 0 Å². The summed E-state index contributed by atoms with van der Waals surface area (Å²) < 4.78 is 6.84. The molecule has 0 heterocycles.